The summed E-state index contributed by atoms with van der Waals surface area (Å²) in [4.78, 5) is 2.12. The quantitative estimate of drug-likeness (QED) is 0.427. The lowest BCUT2D eigenvalue weighted by atomic mass is 9.99. The third kappa shape index (κ3) is 7.55. The van der Waals surface area contributed by atoms with E-state index in [1.165, 1.54) is 0 Å². The van der Waals surface area contributed by atoms with Gasteiger partial charge in [-0.15, -0.1) is 6.58 Å². The zero-order chi connectivity index (χ0) is 17.8. The van der Waals surface area contributed by atoms with Crippen LogP contribution in [0, 0.1) is 0 Å². The van der Waals surface area contributed by atoms with Crippen LogP contribution < -0.4 is 0 Å². The summed E-state index contributed by atoms with van der Waals surface area (Å²) in [7, 11) is 0. The molecule has 5 nitrogen and oxygen atoms in total. The molecule has 1 aromatic rings. The van der Waals surface area contributed by atoms with E-state index in [4.69, 9.17) is 14.6 Å². The predicted molar refractivity (Wildman–Crippen MR) is 95.7 cm³/mol. The molecule has 0 saturated heterocycles. The lowest BCUT2D eigenvalue weighted by Gasteiger charge is -2.33. The standard InChI is InChI=1S/C19H31NO4/c1-4-24-19(13-21)20(11-10-16(2)3)12-18(14-23-15-22)17-8-6-5-7-9-17/h5-9,18-19,21-22H,2,4,10-15H2,1,3H3. The number of aliphatic hydroxyl groups excluding tert-OH is 2. The molecule has 2 N–H and O–H groups in total. The highest BCUT2D eigenvalue weighted by molar-refractivity contribution is 5.20. The first-order valence-electron chi connectivity index (χ1n) is 8.46. The summed E-state index contributed by atoms with van der Waals surface area (Å²) >= 11 is 0. The highest BCUT2D eigenvalue weighted by atomic mass is 16.6. The van der Waals surface area contributed by atoms with Gasteiger partial charge in [0.2, 0.25) is 0 Å². The Balaban J connectivity index is 2.88. The van der Waals surface area contributed by atoms with Gasteiger partial charge < -0.3 is 19.7 Å². The van der Waals surface area contributed by atoms with Gasteiger partial charge in [-0.1, -0.05) is 35.9 Å². The van der Waals surface area contributed by atoms with Crippen LogP contribution in [0.4, 0.5) is 0 Å². The predicted octanol–water partition coefficient (Wildman–Crippen LogP) is 2.36. The average Bonchev–Trinajstić information content (AvgIpc) is 2.60. The van der Waals surface area contributed by atoms with Crippen LogP contribution >= 0.6 is 0 Å². The molecular formula is C19H31NO4. The van der Waals surface area contributed by atoms with Crippen LogP contribution in [0.5, 0.6) is 0 Å². The van der Waals surface area contributed by atoms with Crippen LogP contribution in [0.1, 0.15) is 31.7 Å². The average molecular weight is 337 g/mol. The molecule has 1 aromatic carbocycles. The highest BCUT2D eigenvalue weighted by Gasteiger charge is 2.23. The molecule has 2 atom stereocenters. The monoisotopic (exact) mass is 337 g/mol. The van der Waals surface area contributed by atoms with Crippen LogP contribution in [0.2, 0.25) is 0 Å². The van der Waals surface area contributed by atoms with Crippen LogP contribution in [0.3, 0.4) is 0 Å². The maximum Gasteiger partial charge on any atom is 0.143 e. The summed E-state index contributed by atoms with van der Waals surface area (Å²) in [6.45, 7) is 9.88. The minimum atomic E-state index is -0.352. The fourth-order valence-electron chi connectivity index (χ4n) is 2.61. The highest BCUT2D eigenvalue weighted by Crippen LogP contribution is 2.20. The lowest BCUT2D eigenvalue weighted by molar-refractivity contribution is -0.0892. The van der Waals surface area contributed by atoms with E-state index in [2.05, 4.69) is 23.6 Å². The Morgan fingerprint density at radius 2 is 1.96 bits per heavy atom. The van der Waals surface area contributed by atoms with E-state index in [9.17, 15) is 5.11 Å². The van der Waals surface area contributed by atoms with Gasteiger partial charge in [0.25, 0.3) is 0 Å². The molecule has 0 spiro atoms. The van der Waals surface area contributed by atoms with Crippen LogP contribution in [-0.4, -0.2) is 61.0 Å². The first kappa shape index (κ1) is 20.8. The molecule has 0 fully saturated rings. The van der Waals surface area contributed by atoms with Crippen molar-refractivity contribution < 1.29 is 19.7 Å². The van der Waals surface area contributed by atoms with Gasteiger partial charge in [0.05, 0.1) is 13.2 Å². The van der Waals surface area contributed by atoms with Gasteiger partial charge in [0.15, 0.2) is 0 Å². The largest absolute Gasteiger partial charge is 0.392 e. The molecule has 0 radical (unpaired) electrons. The van der Waals surface area contributed by atoms with E-state index in [1.54, 1.807) is 0 Å². The molecule has 5 heteroatoms. The van der Waals surface area contributed by atoms with Crippen molar-refractivity contribution in [3.63, 3.8) is 0 Å². The maximum atomic E-state index is 9.69. The molecule has 0 aliphatic rings. The molecule has 0 aliphatic heterocycles. The molecule has 24 heavy (non-hydrogen) atoms. The Morgan fingerprint density at radius 3 is 2.50 bits per heavy atom. The molecule has 0 heterocycles. The van der Waals surface area contributed by atoms with Crippen molar-refractivity contribution in [3.8, 4) is 0 Å². The second kappa shape index (κ2) is 12.2. The molecule has 0 aliphatic carbocycles. The minimum absolute atomic E-state index is 0.0631. The number of aliphatic hydroxyl groups is 2. The van der Waals surface area contributed by atoms with E-state index in [-0.39, 0.29) is 25.5 Å². The zero-order valence-electron chi connectivity index (χ0n) is 14.9. The normalized spacial score (nSPS) is 13.9. The van der Waals surface area contributed by atoms with Crippen molar-refractivity contribution in [1.29, 1.82) is 0 Å². The van der Waals surface area contributed by atoms with Crippen molar-refractivity contribution in [2.45, 2.75) is 32.4 Å². The van der Waals surface area contributed by atoms with E-state index in [0.717, 1.165) is 24.1 Å². The van der Waals surface area contributed by atoms with Crippen molar-refractivity contribution >= 4 is 0 Å². The van der Waals surface area contributed by atoms with Gasteiger partial charge in [-0.25, -0.2) is 0 Å². The van der Waals surface area contributed by atoms with Gasteiger partial charge in [-0.2, -0.15) is 0 Å². The molecule has 0 amide bonds. The van der Waals surface area contributed by atoms with Crippen molar-refractivity contribution in [3.05, 3.63) is 48.0 Å². The van der Waals surface area contributed by atoms with Gasteiger partial charge >= 0.3 is 0 Å². The van der Waals surface area contributed by atoms with E-state index in [0.29, 0.717) is 19.8 Å². The van der Waals surface area contributed by atoms with Crippen molar-refractivity contribution in [2.24, 2.45) is 0 Å². The summed E-state index contributed by atoms with van der Waals surface area (Å²) in [5.74, 6) is 0.0815. The molecule has 1 rings (SSSR count). The Hall–Kier alpha value is -1.24. The topological polar surface area (TPSA) is 62.2 Å². The van der Waals surface area contributed by atoms with Crippen molar-refractivity contribution in [2.75, 3.05) is 39.7 Å². The van der Waals surface area contributed by atoms with Gasteiger partial charge in [-0.05, 0) is 25.8 Å². The third-order valence-corrected chi connectivity index (χ3v) is 3.88. The van der Waals surface area contributed by atoms with E-state index >= 15 is 0 Å². The van der Waals surface area contributed by atoms with Gasteiger partial charge in [0, 0.05) is 25.6 Å². The smallest absolute Gasteiger partial charge is 0.143 e. The zero-order valence-corrected chi connectivity index (χ0v) is 14.9. The second-order valence-corrected chi connectivity index (χ2v) is 5.90. The Labute approximate surface area is 145 Å². The molecule has 136 valence electrons. The molecule has 2 unspecified atom stereocenters. The fraction of sp³-hybridized carbons (Fsp3) is 0.579. The molecular weight excluding hydrogens is 306 g/mol. The number of benzene rings is 1. The van der Waals surface area contributed by atoms with Gasteiger partial charge in [0.1, 0.15) is 13.0 Å². The summed E-state index contributed by atoms with van der Waals surface area (Å²) in [5.41, 5.74) is 2.23. The fourth-order valence-corrected chi connectivity index (χ4v) is 2.61. The maximum absolute atomic E-state index is 9.69. The lowest BCUT2D eigenvalue weighted by Crippen LogP contribution is -2.43. The number of ether oxygens (including phenoxy) is 2. The summed E-state index contributed by atoms with van der Waals surface area (Å²) in [5, 5.41) is 18.7. The molecule has 0 bridgehead atoms. The first-order chi connectivity index (χ1) is 11.6. The van der Waals surface area contributed by atoms with Crippen LogP contribution in [0.25, 0.3) is 0 Å². The molecule has 0 aromatic heterocycles. The Morgan fingerprint density at radius 1 is 1.25 bits per heavy atom. The van der Waals surface area contributed by atoms with E-state index in [1.807, 2.05) is 32.0 Å². The third-order valence-electron chi connectivity index (χ3n) is 3.88. The van der Waals surface area contributed by atoms with Crippen molar-refractivity contribution in [1.82, 2.24) is 4.90 Å². The van der Waals surface area contributed by atoms with E-state index < -0.39 is 0 Å². The van der Waals surface area contributed by atoms with Crippen LogP contribution in [-0.2, 0) is 9.47 Å². The first-order valence-corrected chi connectivity index (χ1v) is 8.46. The molecule has 0 saturated carbocycles. The summed E-state index contributed by atoms with van der Waals surface area (Å²) < 4.78 is 10.9. The Bertz CT molecular complexity index is 452. The SMILES string of the molecule is C=C(C)CCN(CC(COCO)c1ccccc1)C(CO)OCC. The summed E-state index contributed by atoms with van der Waals surface area (Å²) in [6, 6.07) is 10.1. The Kier molecular flexibility index (Phi) is 10.5. The van der Waals surface area contributed by atoms with Gasteiger partial charge in [-0.3, -0.25) is 4.90 Å². The minimum Gasteiger partial charge on any atom is -0.392 e. The summed E-state index contributed by atoms with van der Waals surface area (Å²) in [6.07, 6.45) is 0.487. The number of nitrogens with zero attached hydrogens (tertiary/aromatic N) is 1. The number of hydrogen-bond donors (Lipinski definition) is 2. The van der Waals surface area contributed by atoms with Crippen LogP contribution in [0.15, 0.2) is 42.5 Å². The number of rotatable bonds is 13. The second-order valence-electron chi connectivity index (χ2n) is 5.90. The number of hydrogen-bond acceptors (Lipinski definition) is 5.